The van der Waals surface area contributed by atoms with Gasteiger partial charge < -0.3 is 20.0 Å². The maximum absolute atomic E-state index is 12.6. The van der Waals surface area contributed by atoms with Crippen molar-refractivity contribution in [2.24, 2.45) is 11.3 Å². The topological polar surface area (TPSA) is 81.1 Å². The Morgan fingerprint density at radius 1 is 1.29 bits per heavy atom. The van der Waals surface area contributed by atoms with Crippen LogP contribution >= 0.6 is 0 Å². The summed E-state index contributed by atoms with van der Waals surface area (Å²) in [4.78, 5) is 27.5. The molecule has 21 heavy (non-hydrogen) atoms. The zero-order valence-corrected chi connectivity index (χ0v) is 12.9. The fourth-order valence-corrected chi connectivity index (χ4v) is 3.33. The second-order valence-electron chi connectivity index (χ2n) is 6.53. The summed E-state index contributed by atoms with van der Waals surface area (Å²) in [6, 6.07) is -0.125. The third kappa shape index (κ3) is 3.15. The van der Waals surface area contributed by atoms with Crippen molar-refractivity contribution in [3.05, 3.63) is 0 Å². The Labute approximate surface area is 125 Å². The molecule has 0 aromatic carbocycles. The summed E-state index contributed by atoms with van der Waals surface area (Å²) in [6.07, 6.45) is 2.19. The van der Waals surface area contributed by atoms with Gasteiger partial charge in [-0.2, -0.15) is 0 Å². The molecular formula is C15H26N2O4. The zero-order chi connectivity index (χ0) is 15.6. The number of urea groups is 1. The molecule has 2 saturated heterocycles. The Morgan fingerprint density at radius 2 is 2.00 bits per heavy atom. The van der Waals surface area contributed by atoms with Crippen molar-refractivity contribution in [3.63, 3.8) is 0 Å². The number of β-amino-alcohol motifs (C(OH)–C–C–N with tert-alkyl or cyclic N) is 1. The van der Waals surface area contributed by atoms with Crippen LogP contribution in [0.3, 0.4) is 0 Å². The first-order chi connectivity index (χ1) is 9.89. The summed E-state index contributed by atoms with van der Waals surface area (Å²) >= 11 is 0. The lowest BCUT2D eigenvalue weighted by atomic mass is 9.78. The van der Waals surface area contributed by atoms with Gasteiger partial charge in [0.2, 0.25) is 0 Å². The van der Waals surface area contributed by atoms with Gasteiger partial charge in [-0.05, 0) is 31.6 Å². The van der Waals surface area contributed by atoms with E-state index in [1.54, 1.807) is 9.80 Å². The van der Waals surface area contributed by atoms with Crippen LogP contribution in [0.25, 0.3) is 0 Å². The molecule has 0 spiro atoms. The number of hydrogen-bond donors (Lipinski definition) is 2. The zero-order valence-electron chi connectivity index (χ0n) is 12.9. The van der Waals surface area contributed by atoms with E-state index in [9.17, 15) is 19.8 Å². The van der Waals surface area contributed by atoms with E-state index in [2.05, 4.69) is 0 Å². The van der Waals surface area contributed by atoms with Gasteiger partial charge in [0.15, 0.2) is 0 Å². The summed E-state index contributed by atoms with van der Waals surface area (Å²) in [7, 11) is 0. The van der Waals surface area contributed by atoms with Crippen molar-refractivity contribution in [1.82, 2.24) is 9.80 Å². The average molecular weight is 298 g/mol. The van der Waals surface area contributed by atoms with E-state index in [1.807, 2.05) is 13.8 Å². The van der Waals surface area contributed by atoms with E-state index in [-0.39, 0.29) is 18.5 Å². The van der Waals surface area contributed by atoms with Crippen molar-refractivity contribution in [3.8, 4) is 0 Å². The minimum atomic E-state index is -0.810. The van der Waals surface area contributed by atoms with Crippen LogP contribution in [0.15, 0.2) is 0 Å². The lowest BCUT2D eigenvalue weighted by Crippen LogP contribution is -2.56. The smallest absolute Gasteiger partial charge is 0.320 e. The molecule has 0 aromatic rings. The minimum absolute atomic E-state index is 0.125. The van der Waals surface area contributed by atoms with Crippen LogP contribution in [0.1, 0.15) is 39.5 Å². The Bertz CT molecular complexity index is 414. The lowest BCUT2D eigenvalue weighted by Gasteiger charge is -2.43. The summed E-state index contributed by atoms with van der Waals surface area (Å²) < 4.78 is 0. The van der Waals surface area contributed by atoms with E-state index in [1.165, 1.54) is 0 Å². The monoisotopic (exact) mass is 298 g/mol. The van der Waals surface area contributed by atoms with Gasteiger partial charge in [0, 0.05) is 26.2 Å². The Morgan fingerprint density at radius 3 is 2.57 bits per heavy atom. The highest BCUT2D eigenvalue weighted by molar-refractivity contribution is 5.79. The molecule has 2 rings (SSSR count). The number of amides is 2. The first-order valence-corrected chi connectivity index (χ1v) is 7.85. The second kappa shape index (κ2) is 6.22. The SMILES string of the molecule is CCC1(C(=O)O)CCCN(C(=O)N2CCC(C)C(O)C2)C1. The Balaban J connectivity index is 2.04. The number of aliphatic carboxylic acids is 1. The number of carbonyl (C=O) groups is 2. The van der Waals surface area contributed by atoms with Gasteiger partial charge in [-0.15, -0.1) is 0 Å². The molecule has 2 heterocycles. The number of carboxylic acid groups (broad SMARTS) is 1. The molecule has 2 aliphatic heterocycles. The van der Waals surface area contributed by atoms with Crippen molar-refractivity contribution < 1.29 is 19.8 Å². The molecule has 3 atom stereocenters. The van der Waals surface area contributed by atoms with E-state index in [4.69, 9.17) is 0 Å². The first kappa shape index (κ1) is 16.1. The number of likely N-dealkylation sites (tertiary alicyclic amines) is 2. The molecule has 6 heteroatoms. The molecule has 6 nitrogen and oxygen atoms in total. The maximum Gasteiger partial charge on any atom is 0.320 e. The van der Waals surface area contributed by atoms with Crippen LogP contribution in [0.2, 0.25) is 0 Å². The number of nitrogens with zero attached hydrogens (tertiary/aromatic N) is 2. The molecule has 0 aliphatic carbocycles. The van der Waals surface area contributed by atoms with Crippen LogP contribution in [0.4, 0.5) is 4.79 Å². The normalized spacial score (nSPS) is 33.9. The summed E-state index contributed by atoms with van der Waals surface area (Å²) in [5.41, 5.74) is -0.810. The summed E-state index contributed by atoms with van der Waals surface area (Å²) in [6.45, 7) is 5.73. The van der Waals surface area contributed by atoms with Crippen LogP contribution in [0, 0.1) is 11.3 Å². The van der Waals surface area contributed by atoms with Crippen LogP contribution in [-0.2, 0) is 4.79 Å². The number of aliphatic hydroxyl groups is 1. The van der Waals surface area contributed by atoms with Crippen LogP contribution < -0.4 is 0 Å². The lowest BCUT2D eigenvalue weighted by molar-refractivity contribution is -0.152. The van der Waals surface area contributed by atoms with Gasteiger partial charge in [0.05, 0.1) is 11.5 Å². The molecule has 0 bridgehead atoms. The van der Waals surface area contributed by atoms with Gasteiger partial charge in [-0.1, -0.05) is 13.8 Å². The highest BCUT2D eigenvalue weighted by Crippen LogP contribution is 2.34. The van der Waals surface area contributed by atoms with Crippen LogP contribution in [0.5, 0.6) is 0 Å². The highest BCUT2D eigenvalue weighted by atomic mass is 16.4. The van der Waals surface area contributed by atoms with E-state index in [0.29, 0.717) is 32.5 Å². The number of hydrogen-bond acceptors (Lipinski definition) is 3. The quantitative estimate of drug-likeness (QED) is 0.807. The average Bonchev–Trinajstić information content (AvgIpc) is 2.49. The van der Waals surface area contributed by atoms with Crippen LogP contribution in [-0.4, -0.2) is 64.3 Å². The predicted octanol–water partition coefficient (Wildman–Crippen LogP) is 1.39. The standard InChI is InChI=1S/C15H26N2O4/c1-3-15(13(19)20)6-4-7-17(10-15)14(21)16-8-5-11(2)12(18)9-16/h11-12,18H,3-10H2,1-2H3,(H,19,20). The fraction of sp³-hybridized carbons (Fsp3) is 0.867. The molecule has 0 saturated carbocycles. The van der Waals surface area contributed by atoms with Gasteiger partial charge in [0.25, 0.3) is 0 Å². The van der Waals surface area contributed by atoms with Crippen molar-refractivity contribution in [2.45, 2.75) is 45.6 Å². The van der Waals surface area contributed by atoms with Gasteiger partial charge in [-0.3, -0.25) is 4.79 Å². The maximum atomic E-state index is 12.6. The van der Waals surface area contributed by atoms with Crippen molar-refractivity contribution >= 4 is 12.0 Å². The first-order valence-electron chi connectivity index (χ1n) is 7.85. The number of aliphatic hydroxyl groups excluding tert-OH is 1. The molecule has 3 unspecified atom stereocenters. The molecular weight excluding hydrogens is 272 g/mol. The van der Waals surface area contributed by atoms with E-state index >= 15 is 0 Å². The Kier molecular flexibility index (Phi) is 4.76. The highest BCUT2D eigenvalue weighted by Gasteiger charge is 2.43. The number of carboxylic acids is 1. The molecule has 2 fully saturated rings. The van der Waals surface area contributed by atoms with Gasteiger partial charge in [0.1, 0.15) is 0 Å². The predicted molar refractivity (Wildman–Crippen MR) is 77.9 cm³/mol. The third-order valence-corrected chi connectivity index (χ3v) is 5.17. The van der Waals surface area contributed by atoms with E-state index in [0.717, 1.165) is 12.8 Å². The molecule has 0 aromatic heterocycles. The summed E-state index contributed by atoms with van der Waals surface area (Å²) in [5, 5.41) is 19.4. The largest absolute Gasteiger partial charge is 0.481 e. The molecule has 120 valence electrons. The number of piperidine rings is 2. The Hall–Kier alpha value is -1.30. The number of carbonyl (C=O) groups excluding carboxylic acids is 1. The van der Waals surface area contributed by atoms with Gasteiger partial charge >= 0.3 is 12.0 Å². The summed E-state index contributed by atoms with van der Waals surface area (Å²) in [5.74, 6) is -0.598. The third-order valence-electron chi connectivity index (χ3n) is 5.17. The van der Waals surface area contributed by atoms with E-state index < -0.39 is 17.5 Å². The molecule has 0 radical (unpaired) electrons. The second-order valence-corrected chi connectivity index (χ2v) is 6.53. The molecule has 2 N–H and O–H groups in total. The van der Waals surface area contributed by atoms with Crippen molar-refractivity contribution in [2.75, 3.05) is 26.2 Å². The van der Waals surface area contributed by atoms with Crippen molar-refractivity contribution in [1.29, 1.82) is 0 Å². The number of rotatable bonds is 2. The minimum Gasteiger partial charge on any atom is -0.481 e. The molecule has 2 amide bonds. The molecule has 2 aliphatic rings. The van der Waals surface area contributed by atoms with Gasteiger partial charge in [-0.25, -0.2) is 4.79 Å². The fourth-order valence-electron chi connectivity index (χ4n) is 3.33.